The van der Waals surface area contributed by atoms with Gasteiger partial charge in [-0.2, -0.15) is 0 Å². The SMILES string of the molecule is CC(C)(C)C1CCOC(c2ccc3ccccc3c2)CN1. The Morgan fingerprint density at radius 3 is 2.57 bits per heavy atom. The van der Waals surface area contributed by atoms with Crippen LogP contribution in [0, 0.1) is 5.41 Å². The molecule has 0 radical (unpaired) electrons. The molecule has 1 heterocycles. The summed E-state index contributed by atoms with van der Waals surface area (Å²) in [5, 5.41) is 6.27. The van der Waals surface area contributed by atoms with Gasteiger partial charge in [-0.25, -0.2) is 0 Å². The van der Waals surface area contributed by atoms with E-state index in [-0.39, 0.29) is 11.5 Å². The lowest BCUT2D eigenvalue weighted by Gasteiger charge is -2.30. The normalized spacial score (nSPS) is 24.0. The van der Waals surface area contributed by atoms with Gasteiger partial charge in [-0.1, -0.05) is 57.2 Å². The molecule has 1 N–H and O–H groups in total. The van der Waals surface area contributed by atoms with E-state index in [4.69, 9.17) is 4.74 Å². The van der Waals surface area contributed by atoms with E-state index >= 15 is 0 Å². The number of hydrogen-bond acceptors (Lipinski definition) is 2. The average molecular weight is 283 g/mol. The monoisotopic (exact) mass is 283 g/mol. The van der Waals surface area contributed by atoms with Crippen molar-refractivity contribution in [2.24, 2.45) is 5.41 Å². The summed E-state index contributed by atoms with van der Waals surface area (Å²) in [5.41, 5.74) is 1.55. The molecule has 2 unspecified atom stereocenters. The Hall–Kier alpha value is -1.38. The highest BCUT2D eigenvalue weighted by Crippen LogP contribution is 2.28. The first-order valence-electron chi connectivity index (χ1n) is 7.88. The van der Waals surface area contributed by atoms with Crippen LogP contribution in [0.4, 0.5) is 0 Å². The van der Waals surface area contributed by atoms with Gasteiger partial charge in [-0.3, -0.25) is 0 Å². The van der Waals surface area contributed by atoms with Gasteiger partial charge in [0.05, 0.1) is 6.10 Å². The number of nitrogens with one attached hydrogen (secondary N) is 1. The van der Waals surface area contributed by atoms with Crippen LogP contribution >= 0.6 is 0 Å². The standard InChI is InChI=1S/C19H25NO/c1-19(2,3)18-10-11-21-17(13-20-18)16-9-8-14-6-4-5-7-15(14)12-16/h4-9,12,17-18,20H,10-11,13H2,1-3H3. The van der Waals surface area contributed by atoms with Crippen molar-refractivity contribution >= 4 is 10.8 Å². The Kier molecular flexibility index (Phi) is 4.01. The van der Waals surface area contributed by atoms with E-state index in [1.165, 1.54) is 16.3 Å². The number of fused-ring (bicyclic) bond motifs is 1. The molecular weight excluding hydrogens is 258 g/mol. The molecule has 1 aliphatic heterocycles. The number of rotatable bonds is 1. The van der Waals surface area contributed by atoms with Gasteiger partial charge in [0.25, 0.3) is 0 Å². The van der Waals surface area contributed by atoms with Gasteiger partial charge in [0.2, 0.25) is 0 Å². The molecular formula is C19H25NO. The van der Waals surface area contributed by atoms with Crippen LogP contribution in [0.3, 0.4) is 0 Å². The number of benzene rings is 2. The van der Waals surface area contributed by atoms with E-state index in [0.717, 1.165) is 19.6 Å². The van der Waals surface area contributed by atoms with Crippen LogP contribution in [0.5, 0.6) is 0 Å². The molecule has 21 heavy (non-hydrogen) atoms. The summed E-state index contributed by atoms with van der Waals surface area (Å²) in [6, 6.07) is 15.7. The highest BCUT2D eigenvalue weighted by atomic mass is 16.5. The molecule has 1 aliphatic rings. The van der Waals surface area contributed by atoms with Gasteiger partial charge in [0.1, 0.15) is 0 Å². The topological polar surface area (TPSA) is 21.3 Å². The van der Waals surface area contributed by atoms with E-state index in [9.17, 15) is 0 Å². The fraction of sp³-hybridized carbons (Fsp3) is 0.474. The minimum atomic E-state index is 0.155. The van der Waals surface area contributed by atoms with Gasteiger partial charge in [-0.05, 0) is 34.2 Å². The Balaban J connectivity index is 1.79. The van der Waals surface area contributed by atoms with Crippen molar-refractivity contribution in [2.45, 2.75) is 39.3 Å². The summed E-state index contributed by atoms with van der Waals surface area (Å²) in [5.74, 6) is 0. The summed E-state index contributed by atoms with van der Waals surface area (Å²) in [7, 11) is 0. The minimum Gasteiger partial charge on any atom is -0.372 e. The molecule has 0 aliphatic carbocycles. The molecule has 1 fully saturated rings. The third-order valence-corrected chi connectivity index (χ3v) is 4.47. The lowest BCUT2D eigenvalue weighted by molar-refractivity contribution is 0.0654. The van der Waals surface area contributed by atoms with Gasteiger partial charge in [0, 0.05) is 19.2 Å². The molecule has 0 saturated carbocycles. The largest absolute Gasteiger partial charge is 0.372 e. The van der Waals surface area contributed by atoms with Crippen molar-refractivity contribution in [1.82, 2.24) is 5.32 Å². The Morgan fingerprint density at radius 2 is 1.81 bits per heavy atom. The van der Waals surface area contributed by atoms with E-state index in [0.29, 0.717) is 6.04 Å². The van der Waals surface area contributed by atoms with Crippen LogP contribution in [0.1, 0.15) is 38.9 Å². The molecule has 2 aromatic carbocycles. The zero-order valence-corrected chi connectivity index (χ0v) is 13.2. The molecule has 1 saturated heterocycles. The quantitative estimate of drug-likeness (QED) is 0.842. The number of ether oxygens (including phenoxy) is 1. The van der Waals surface area contributed by atoms with Crippen molar-refractivity contribution in [1.29, 1.82) is 0 Å². The maximum absolute atomic E-state index is 6.10. The van der Waals surface area contributed by atoms with Gasteiger partial charge >= 0.3 is 0 Å². The van der Waals surface area contributed by atoms with E-state index in [1.807, 2.05) is 0 Å². The second-order valence-corrected chi connectivity index (χ2v) is 7.08. The van der Waals surface area contributed by atoms with Crippen LogP contribution in [-0.2, 0) is 4.74 Å². The molecule has 2 heteroatoms. The predicted octanol–water partition coefficient (Wildman–Crippen LogP) is 4.31. The van der Waals surface area contributed by atoms with Crippen LogP contribution in [0.25, 0.3) is 10.8 Å². The van der Waals surface area contributed by atoms with Crippen LogP contribution < -0.4 is 5.32 Å². The van der Waals surface area contributed by atoms with Gasteiger partial charge < -0.3 is 10.1 Å². The molecule has 0 spiro atoms. The predicted molar refractivity (Wildman–Crippen MR) is 88.5 cm³/mol. The maximum atomic E-state index is 6.10. The Bertz CT molecular complexity index is 614. The smallest absolute Gasteiger partial charge is 0.0949 e. The summed E-state index contributed by atoms with van der Waals surface area (Å²) in [6.45, 7) is 8.59. The first-order valence-corrected chi connectivity index (χ1v) is 7.88. The molecule has 0 amide bonds. The Morgan fingerprint density at radius 1 is 1.05 bits per heavy atom. The fourth-order valence-electron chi connectivity index (χ4n) is 3.10. The second kappa shape index (κ2) is 5.78. The van der Waals surface area contributed by atoms with Crippen molar-refractivity contribution in [3.05, 3.63) is 48.0 Å². The zero-order chi connectivity index (χ0) is 14.9. The van der Waals surface area contributed by atoms with Crippen LogP contribution in [0.15, 0.2) is 42.5 Å². The highest BCUT2D eigenvalue weighted by Gasteiger charge is 2.28. The lowest BCUT2D eigenvalue weighted by Crippen LogP contribution is -2.40. The van der Waals surface area contributed by atoms with Crippen molar-refractivity contribution < 1.29 is 4.74 Å². The maximum Gasteiger partial charge on any atom is 0.0949 e. The first kappa shape index (κ1) is 14.6. The van der Waals surface area contributed by atoms with Gasteiger partial charge in [-0.15, -0.1) is 0 Å². The Labute approximate surface area is 127 Å². The molecule has 3 rings (SSSR count). The molecule has 0 bridgehead atoms. The summed E-state index contributed by atoms with van der Waals surface area (Å²) in [4.78, 5) is 0. The fourth-order valence-corrected chi connectivity index (χ4v) is 3.10. The van der Waals surface area contributed by atoms with E-state index in [1.54, 1.807) is 0 Å². The summed E-state index contributed by atoms with van der Waals surface area (Å²) < 4.78 is 6.10. The first-order chi connectivity index (χ1) is 10.0. The summed E-state index contributed by atoms with van der Waals surface area (Å²) in [6.07, 6.45) is 1.23. The lowest BCUT2D eigenvalue weighted by atomic mass is 9.85. The molecule has 0 aromatic heterocycles. The van der Waals surface area contributed by atoms with E-state index in [2.05, 4.69) is 68.6 Å². The zero-order valence-electron chi connectivity index (χ0n) is 13.2. The van der Waals surface area contributed by atoms with Crippen molar-refractivity contribution in [2.75, 3.05) is 13.2 Å². The third kappa shape index (κ3) is 3.28. The highest BCUT2D eigenvalue weighted by molar-refractivity contribution is 5.83. The molecule has 112 valence electrons. The van der Waals surface area contributed by atoms with Crippen LogP contribution in [-0.4, -0.2) is 19.2 Å². The van der Waals surface area contributed by atoms with E-state index < -0.39 is 0 Å². The summed E-state index contributed by atoms with van der Waals surface area (Å²) >= 11 is 0. The van der Waals surface area contributed by atoms with Crippen molar-refractivity contribution in [3.63, 3.8) is 0 Å². The number of hydrogen-bond donors (Lipinski definition) is 1. The van der Waals surface area contributed by atoms with Crippen LogP contribution in [0.2, 0.25) is 0 Å². The molecule has 2 aromatic rings. The average Bonchev–Trinajstić information content (AvgIpc) is 2.72. The molecule has 2 nitrogen and oxygen atoms in total. The second-order valence-electron chi connectivity index (χ2n) is 7.08. The van der Waals surface area contributed by atoms with Gasteiger partial charge in [0.15, 0.2) is 0 Å². The molecule has 2 atom stereocenters. The minimum absolute atomic E-state index is 0.155. The van der Waals surface area contributed by atoms with Crippen molar-refractivity contribution in [3.8, 4) is 0 Å². The third-order valence-electron chi connectivity index (χ3n) is 4.47.